The van der Waals surface area contributed by atoms with E-state index in [0.717, 1.165) is 55.6 Å². The van der Waals surface area contributed by atoms with Gasteiger partial charge in [-0.1, -0.05) is 218 Å². The van der Waals surface area contributed by atoms with E-state index in [9.17, 15) is 0 Å². The average Bonchev–Trinajstić information content (AvgIpc) is 3.39. The van der Waals surface area contributed by atoms with Crippen LogP contribution in [0.25, 0.3) is 90.6 Å². The van der Waals surface area contributed by atoms with Crippen molar-refractivity contribution in [2.24, 2.45) is 0 Å². The molecule has 0 atom stereocenters. The Hall–Kier alpha value is -8.43. The van der Waals surface area contributed by atoms with Gasteiger partial charge in [0.2, 0.25) is 0 Å². The van der Waals surface area contributed by atoms with Gasteiger partial charge < -0.3 is 0 Å². The summed E-state index contributed by atoms with van der Waals surface area (Å²) in [4.78, 5) is 28.8. The molecule has 2 aromatic heterocycles. The first kappa shape index (κ1) is 41.6. The third kappa shape index (κ3) is 8.37. The molecule has 0 aliphatic heterocycles. The Bertz CT molecular complexity index is 2910. The highest BCUT2D eigenvalue weighted by Gasteiger charge is 2.53. The van der Waals surface area contributed by atoms with Crippen LogP contribution in [0.3, 0.4) is 0 Å². The molecule has 0 fully saturated rings. The molecule has 6 nitrogen and oxygen atoms in total. The van der Waals surface area contributed by atoms with Crippen LogP contribution in [0, 0.1) is 0 Å². The lowest BCUT2D eigenvalue weighted by Gasteiger charge is -2.33. The number of halogens is 3. The molecule has 0 saturated carbocycles. The van der Waals surface area contributed by atoms with Crippen LogP contribution in [0.2, 0.25) is 0 Å². The molecule has 0 radical (unpaired) electrons. The quantitative estimate of drug-likeness (QED) is 0.136. The van der Waals surface area contributed by atoms with Gasteiger partial charge in [0.1, 0.15) is 5.41 Å². The molecule has 0 saturated heterocycles. The summed E-state index contributed by atoms with van der Waals surface area (Å²) in [6.07, 6.45) is -4.58. The molecule has 10 aromatic rings. The van der Waals surface area contributed by atoms with Crippen LogP contribution in [0.5, 0.6) is 0 Å². The van der Waals surface area contributed by atoms with Crippen molar-refractivity contribution in [3.05, 3.63) is 230 Å². The first-order chi connectivity index (χ1) is 32.2. The number of benzene rings is 8. The number of rotatable bonds is 10. The molecule has 0 aliphatic rings. The highest BCUT2D eigenvalue weighted by Crippen LogP contribution is 2.47. The summed E-state index contributed by atoms with van der Waals surface area (Å²) in [5.41, 5.74) is 6.32. The van der Waals surface area contributed by atoms with E-state index in [4.69, 9.17) is 29.9 Å². The predicted molar refractivity (Wildman–Crippen MR) is 256 cm³/mol. The minimum Gasteiger partial charge on any atom is -0.208 e. The summed E-state index contributed by atoms with van der Waals surface area (Å²) in [7, 11) is 0. The smallest absolute Gasteiger partial charge is 0.208 e. The number of hydrogen-bond acceptors (Lipinski definition) is 6. The van der Waals surface area contributed by atoms with E-state index >= 15 is 13.2 Å². The van der Waals surface area contributed by atoms with Gasteiger partial charge in [-0.3, -0.25) is 0 Å². The standard InChI is InChI=1S/C57H39F3N6/c1-56(57(58,59)60,48-34-30-40(31-35-48)38-22-26-46(27-23-38)54-63-50(42-14-6-2-7-15-42)61-51(64-54)43-16-8-3-9-17-43)49-36-32-41(33-37-49)39-24-28-47(29-25-39)55-65-52(44-18-10-4-11-19-44)62-53(66-55)45-20-12-5-13-21-45/h2-37H,1H3. The summed E-state index contributed by atoms with van der Waals surface area (Å²) in [5.74, 6) is 3.27. The molecule has 10 rings (SSSR count). The van der Waals surface area contributed by atoms with Gasteiger partial charge in [0.25, 0.3) is 0 Å². The van der Waals surface area contributed by atoms with Crippen molar-refractivity contribution in [1.29, 1.82) is 0 Å². The van der Waals surface area contributed by atoms with Crippen molar-refractivity contribution in [2.75, 3.05) is 0 Å². The maximum atomic E-state index is 15.2. The van der Waals surface area contributed by atoms with Crippen LogP contribution in [0.15, 0.2) is 218 Å². The van der Waals surface area contributed by atoms with Crippen molar-refractivity contribution >= 4 is 0 Å². The molecule has 0 unspecified atom stereocenters. The van der Waals surface area contributed by atoms with Gasteiger partial charge in [0.15, 0.2) is 34.9 Å². The van der Waals surface area contributed by atoms with E-state index in [1.807, 2.05) is 170 Å². The van der Waals surface area contributed by atoms with Crippen LogP contribution in [0.4, 0.5) is 13.2 Å². The molecule has 2 heterocycles. The summed E-state index contributed by atoms with van der Waals surface area (Å²) >= 11 is 0. The Morgan fingerprint density at radius 2 is 0.424 bits per heavy atom. The zero-order chi connectivity index (χ0) is 45.1. The van der Waals surface area contributed by atoms with E-state index in [-0.39, 0.29) is 11.1 Å². The molecule has 0 bridgehead atoms. The number of aromatic nitrogens is 6. The predicted octanol–water partition coefficient (Wildman–Crippen LogP) is 14.3. The van der Waals surface area contributed by atoms with E-state index in [1.54, 1.807) is 48.5 Å². The van der Waals surface area contributed by atoms with Gasteiger partial charge in [-0.05, 0) is 40.3 Å². The first-order valence-electron chi connectivity index (χ1n) is 21.4. The van der Waals surface area contributed by atoms with Crippen molar-refractivity contribution in [3.63, 3.8) is 0 Å². The molecule has 318 valence electrons. The zero-order valence-corrected chi connectivity index (χ0v) is 35.6. The summed E-state index contributed by atoms with van der Waals surface area (Å²) in [6.45, 7) is 1.24. The van der Waals surface area contributed by atoms with Gasteiger partial charge in [-0.25, -0.2) is 29.9 Å². The molecular weight excluding hydrogens is 826 g/mol. The van der Waals surface area contributed by atoms with E-state index in [1.165, 1.54) is 6.92 Å². The third-order valence-electron chi connectivity index (χ3n) is 11.8. The van der Waals surface area contributed by atoms with Gasteiger partial charge in [0, 0.05) is 33.4 Å². The molecular formula is C57H39F3N6. The van der Waals surface area contributed by atoms with Crippen LogP contribution in [0.1, 0.15) is 18.1 Å². The molecule has 0 aliphatic carbocycles. The molecule has 0 amide bonds. The SMILES string of the molecule is CC(c1ccc(-c2ccc(-c3nc(-c4ccccc4)nc(-c4ccccc4)n3)cc2)cc1)(c1ccc(-c2ccc(-c3nc(-c4ccccc4)nc(-c4ccccc4)n3)cc2)cc1)C(F)(F)F. The minimum atomic E-state index is -4.58. The Labute approximate surface area is 380 Å². The van der Waals surface area contributed by atoms with Gasteiger partial charge in [-0.15, -0.1) is 0 Å². The second kappa shape index (κ2) is 17.6. The first-order valence-corrected chi connectivity index (χ1v) is 21.4. The fourth-order valence-corrected chi connectivity index (χ4v) is 7.98. The van der Waals surface area contributed by atoms with Crippen LogP contribution >= 0.6 is 0 Å². The van der Waals surface area contributed by atoms with Crippen LogP contribution < -0.4 is 0 Å². The Morgan fingerprint density at radius 3 is 0.636 bits per heavy atom. The summed E-state index contributed by atoms with van der Waals surface area (Å²) < 4.78 is 45.7. The Kier molecular flexibility index (Phi) is 11.1. The zero-order valence-electron chi connectivity index (χ0n) is 35.6. The second-order valence-electron chi connectivity index (χ2n) is 16.0. The van der Waals surface area contributed by atoms with E-state index in [0.29, 0.717) is 34.9 Å². The fraction of sp³-hybridized carbons (Fsp3) is 0.0526. The van der Waals surface area contributed by atoms with E-state index in [2.05, 4.69) is 0 Å². The van der Waals surface area contributed by atoms with Crippen LogP contribution in [-0.2, 0) is 5.41 Å². The van der Waals surface area contributed by atoms with Crippen molar-refractivity contribution in [1.82, 2.24) is 29.9 Å². The van der Waals surface area contributed by atoms with Crippen molar-refractivity contribution < 1.29 is 13.2 Å². The third-order valence-corrected chi connectivity index (χ3v) is 11.8. The topological polar surface area (TPSA) is 77.3 Å². The normalized spacial score (nSPS) is 11.6. The van der Waals surface area contributed by atoms with Gasteiger partial charge in [0.05, 0.1) is 0 Å². The Morgan fingerprint density at radius 1 is 0.242 bits per heavy atom. The highest BCUT2D eigenvalue weighted by atomic mass is 19.4. The lowest BCUT2D eigenvalue weighted by atomic mass is 9.75. The van der Waals surface area contributed by atoms with E-state index < -0.39 is 11.6 Å². The average molecular weight is 865 g/mol. The number of nitrogens with zero attached hydrogens (tertiary/aromatic N) is 6. The lowest BCUT2D eigenvalue weighted by molar-refractivity contribution is -0.173. The van der Waals surface area contributed by atoms with Gasteiger partial charge >= 0.3 is 6.18 Å². The van der Waals surface area contributed by atoms with Crippen LogP contribution in [-0.4, -0.2) is 36.1 Å². The van der Waals surface area contributed by atoms with Crippen molar-refractivity contribution in [2.45, 2.75) is 18.5 Å². The lowest BCUT2D eigenvalue weighted by Crippen LogP contribution is -2.40. The molecule has 66 heavy (non-hydrogen) atoms. The second-order valence-corrected chi connectivity index (χ2v) is 16.0. The monoisotopic (exact) mass is 864 g/mol. The minimum absolute atomic E-state index is 0.140. The Balaban J connectivity index is 0.896. The highest BCUT2D eigenvalue weighted by molar-refractivity contribution is 5.73. The van der Waals surface area contributed by atoms with Gasteiger partial charge in [-0.2, -0.15) is 13.2 Å². The maximum absolute atomic E-state index is 15.2. The van der Waals surface area contributed by atoms with Crippen molar-refractivity contribution in [3.8, 4) is 90.6 Å². The largest absolute Gasteiger partial charge is 0.402 e. The number of alkyl halides is 3. The number of hydrogen-bond donors (Lipinski definition) is 0. The summed E-state index contributed by atoms with van der Waals surface area (Å²) in [6, 6.07) is 67.7. The maximum Gasteiger partial charge on any atom is 0.402 e. The molecule has 9 heteroatoms. The molecule has 0 spiro atoms. The molecule has 0 N–H and O–H groups in total. The molecule has 8 aromatic carbocycles. The summed E-state index contributed by atoms with van der Waals surface area (Å²) in [5, 5.41) is 0. The fourth-order valence-electron chi connectivity index (χ4n) is 7.98.